The molecule has 0 saturated carbocycles. The van der Waals surface area contributed by atoms with E-state index in [1.807, 2.05) is 12.1 Å². The highest BCUT2D eigenvalue weighted by Gasteiger charge is 2.42. The van der Waals surface area contributed by atoms with Crippen molar-refractivity contribution in [3.63, 3.8) is 0 Å². The average Bonchev–Trinajstić information content (AvgIpc) is 3.07. The van der Waals surface area contributed by atoms with Gasteiger partial charge in [0.2, 0.25) is 11.8 Å². The van der Waals surface area contributed by atoms with E-state index in [1.54, 1.807) is 6.07 Å². The zero-order chi connectivity index (χ0) is 24.9. The maximum atomic E-state index is 13.1. The summed E-state index contributed by atoms with van der Waals surface area (Å²) in [7, 11) is 0. The lowest BCUT2D eigenvalue weighted by molar-refractivity contribution is -0.138. The molecule has 2 unspecified atom stereocenters. The molecule has 3 aliphatic rings. The maximum absolute atomic E-state index is 13.1. The standard InChI is InChI=1S/C26H33N3O6/c30-22-9-6-17(26(35)27-22)15-21-24(33)19-8-7-18(16-20(19)25(21)34)29-13-11-28(12-14-29)10-4-2-1-3-5-23(31)32/h7-8,16-17,21H,1-6,9-15H2,(H,31,32)(H,27,30,35). The first kappa shape index (κ1) is 25.0. The number of unbranched alkanes of at least 4 members (excludes halogenated alkanes) is 3. The van der Waals surface area contributed by atoms with Gasteiger partial charge in [-0.3, -0.25) is 34.2 Å². The Kier molecular flexibility index (Phi) is 7.95. The number of piperazine rings is 1. The van der Waals surface area contributed by atoms with Crippen LogP contribution in [0.3, 0.4) is 0 Å². The molecule has 2 amide bonds. The number of carbonyl (C=O) groups excluding carboxylic acids is 4. The van der Waals surface area contributed by atoms with Crippen LogP contribution in [0.2, 0.25) is 0 Å². The zero-order valence-corrected chi connectivity index (χ0v) is 20.0. The van der Waals surface area contributed by atoms with Crippen LogP contribution >= 0.6 is 0 Å². The van der Waals surface area contributed by atoms with Gasteiger partial charge >= 0.3 is 5.97 Å². The van der Waals surface area contributed by atoms with E-state index in [-0.39, 0.29) is 36.7 Å². The van der Waals surface area contributed by atoms with Gasteiger partial charge in [0.15, 0.2) is 11.6 Å². The number of hydrogen-bond donors (Lipinski definition) is 2. The molecule has 2 fully saturated rings. The smallest absolute Gasteiger partial charge is 0.303 e. The van der Waals surface area contributed by atoms with Gasteiger partial charge < -0.3 is 10.0 Å². The SMILES string of the molecule is O=C(O)CCCCCCN1CCN(c2ccc3c(c2)C(=O)C(CC2CCC(=O)NC2=O)C3=O)CC1. The second kappa shape index (κ2) is 11.1. The van der Waals surface area contributed by atoms with Gasteiger partial charge in [0.1, 0.15) is 0 Å². The Bertz CT molecular complexity index is 1010. The van der Waals surface area contributed by atoms with Crippen molar-refractivity contribution in [2.75, 3.05) is 37.6 Å². The van der Waals surface area contributed by atoms with Gasteiger partial charge in [-0.2, -0.15) is 0 Å². The topological polar surface area (TPSA) is 124 Å². The number of imide groups is 1. The van der Waals surface area contributed by atoms with Gasteiger partial charge in [-0.1, -0.05) is 12.8 Å². The van der Waals surface area contributed by atoms with Crippen LogP contribution in [0.15, 0.2) is 18.2 Å². The summed E-state index contributed by atoms with van der Waals surface area (Å²) in [5.74, 6) is -3.23. The number of carboxylic acids is 1. The van der Waals surface area contributed by atoms with Crippen molar-refractivity contribution >= 4 is 35.0 Å². The number of aliphatic carboxylic acids is 1. The molecule has 2 saturated heterocycles. The lowest BCUT2D eigenvalue weighted by Gasteiger charge is -2.36. The first-order valence-electron chi connectivity index (χ1n) is 12.6. The molecule has 0 radical (unpaired) electrons. The Balaban J connectivity index is 1.28. The second-order valence-corrected chi connectivity index (χ2v) is 9.78. The lowest BCUT2D eigenvalue weighted by Crippen LogP contribution is -2.46. The van der Waals surface area contributed by atoms with Crippen LogP contribution in [-0.2, 0) is 14.4 Å². The Morgan fingerprint density at radius 1 is 0.943 bits per heavy atom. The number of piperidine rings is 1. The molecule has 1 aromatic rings. The Morgan fingerprint density at radius 2 is 1.66 bits per heavy atom. The number of nitrogens with zero attached hydrogens (tertiary/aromatic N) is 2. The fourth-order valence-electron chi connectivity index (χ4n) is 5.30. The summed E-state index contributed by atoms with van der Waals surface area (Å²) in [5, 5.41) is 11.0. The van der Waals surface area contributed by atoms with E-state index < -0.39 is 23.7 Å². The molecule has 2 N–H and O–H groups in total. The lowest BCUT2D eigenvalue weighted by atomic mass is 9.86. The van der Waals surface area contributed by atoms with Crippen LogP contribution in [0.1, 0.15) is 72.1 Å². The number of anilines is 1. The van der Waals surface area contributed by atoms with Crippen LogP contribution in [0.4, 0.5) is 5.69 Å². The molecule has 1 aromatic carbocycles. The quantitative estimate of drug-likeness (QED) is 0.295. The van der Waals surface area contributed by atoms with E-state index in [9.17, 15) is 24.0 Å². The summed E-state index contributed by atoms with van der Waals surface area (Å²) in [6.07, 6.45) is 4.77. The third kappa shape index (κ3) is 5.96. The molecule has 2 atom stereocenters. The van der Waals surface area contributed by atoms with Crippen molar-refractivity contribution in [1.82, 2.24) is 10.2 Å². The molecule has 0 spiro atoms. The second-order valence-electron chi connectivity index (χ2n) is 9.78. The van der Waals surface area contributed by atoms with Gasteiger partial charge in [-0.05, 0) is 50.4 Å². The summed E-state index contributed by atoms with van der Waals surface area (Å²) in [6, 6.07) is 5.45. The Hall–Kier alpha value is -3.07. The summed E-state index contributed by atoms with van der Waals surface area (Å²) in [4.78, 5) is 64.7. The minimum atomic E-state index is -0.850. The Morgan fingerprint density at radius 3 is 2.37 bits per heavy atom. The molecule has 9 heteroatoms. The minimum Gasteiger partial charge on any atom is -0.481 e. The monoisotopic (exact) mass is 483 g/mol. The molecule has 35 heavy (non-hydrogen) atoms. The van der Waals surface area contributed by atoms with Gasteiger partial charge in [0.05, 0.1) is 5.92 Å². The van der Waals surface area contributed by atoms with Crippen LogP contribution in [0.5, 0.6) is 0 Å². The number of nitrogens with one attached hydrogen (secondary N) is 1. The number of benzene rings is 1. The van der Waals surface area contributed by atoms with Crippen LogP contribution in [0, 0.1) is 11.8 Å². The normalized spacial score (nSPS) is 22.9. The number of carboxylic acid groups (broad SMARTS) is 1. The van der Waals surface area contributed by atoms with Crippen molar-refractivity contribution < 1.29 is 29.1 Å². The molecule has 0 bridgehead atoms. The van der Waals surface area contributed by atoms with E-state index in [1.165, 1.54) is 0 Å². The fourth-order valence-corrected chi connectivity index (χ4v) is 5.30. The summed E-state index contributed by atoms with van der Waals surface area (Å²) >= 11 is 0. The Labute approximate surface area is 204 Å². The molecule has 2 aliphatic heterocycles. The van der Waals surface area contributed by atoms with Crippen molar-refractivity contribution in [3.8, 4) is 0 Å². The van der Waals surface area contributed by atoms with Crippen molar-refractivity contribution in [2.45, 2.75) is 51.4 Å². The molecule has 0 aromatic heterocycles. The molecular formula is C26H33N3O6. The van der Waals surface area contributed by atoms with Crippen molar-refractivity contribution in [1.29, 1.82) is 0 Å². The fraction of sp³-hybridized carbons (Fsp3) is 0.577. The highest BCUT2D eigenvalue weighted by molar-refractivity contribution is 6.26. The largest absolute Gasteiger partial charge is 0.481 e. The predicted molar refractivity (Wildman–Crippen MR) is 128 cm³/mol. The number of ketones is 2. The maximum Gasteiger partial charge on any atom is 0.303 e. The number of hydrogen-bond acceptors (Lipinski definition) is 7. The highest BCUT2D eigenvalue weighted by atomic mass is 16.4. The summed E-state index contributed by atoms with van der Waals surface area (Å²) in [6.45, 7) is 4.49. The molecule has 2 heterocycles. The van der Waals surface area contributed by atoms with Gasteiger partial charge in [-0.15, -0.1) is 0 Å². The van der Waals surface area contributed by atoms with Crippen LogP contribution < -0.4 is 10.2 Å². The van der Waals surface area contributed by atoms with Crippen LogP contribution in [0.25, 0.3) is 0 Å². The molecule has 1 aliphatic carbocycles. The molecule has 9 nitrogen and oxygen atoms in total. The number of Topliss-reactive ketones (excluding diaryl/α,β-unsaturated/α-hetero) is 2. The summed E-state index contributed by atoms with van der Waals surface area (Å²) in [5.41, 5.74) is 1.80. The first-order chi connectivity index (χ1) is 16.8. The van der Waals surface area contributed by atoms with E-state index in [0.29, 0.717) is 17.5 Å². The van der Waals surface area contributed by atoms with E-state index in [2.05, 4.69) is 15.1 Å². The third-order valence-corrected chi connectivity index (χ3v) is 7.39. The molecular weight excluding hydrogens is 450 g/mol. The van der Waals surface area contributed by atoms with E-state index in [0.717, 1.165) is 64.1 Å². The third-order valence-electron chi connectivity index (χ3n) is 7.39. The molecule has 188 valence electrons. The average molecular weight is 484 g/mol. The van der Waals surface area contributed by atoms with Gasteiger partial charge in [0, 0.05) is 61.8 Å². The number of amides is 2. The summed E-state index contributed by atoms with van der Waals surface area (Å²) < 4.78 is 0. The number of rotatable bonds is 10. The van der Waals surface area contributed by atoms with E-state index in [4.69, 9.17) is 5.11 Å². The van der Waals surface area contributed by atoms with Crippen LogP contribution in [-0.4, -0.2) is 72.1 Å². The predicted octanol–water partition coefficient (Wildman–Crippen LogP) is 2.28. The van der Waals surface area contributed by atoms with E-state index >= 15 is 0 Å². The zero-order valence-electron chi connectivity index (χ0n) is 20.0. The molecule has 4 rings (SSSR count). The van der Waals surface area contributed by atoms with Crippen molar-refractivity contribution in [3.05, 3.63) is 29.3 Å². The minimum absolute atomic E-state index is 0.149. The van der Waals surface area contributed by atoms with Gasteiger partial charge in [-0.25, -0.2) is 0 Å². The first-order valence-corrected chi connectivity index (χ1v) is 12.6. The van der Waals surface area contributed by atoms with Crippen molar-refractivity contribution in [2.24, 2.45) is 11.8 Å². The highest BCUT2D eigenvalue weighted by Crippen LogP contribution is 2.35. The van der Waals surface area contributed by atoms with Gasteiger partial charge in [0.25, 0.3) is 0 Å². The number of fused-ring (bicyclic) bond motifs is 1. The number of carbonyl (C=O) groups is 5.